The lowest BCUT2D eigenvalue weighted by Crippen LogP contribution is -2.14. The first-order valence-corrected chi connectivity index (χ1v) is 8.18. The maximum atomic E-state index is 13.8. The lowest BCUT2D eigenvalue weighted by atomic mass is 10.2. The highest BCUT2D eigenvalue weighted by molar-refractivity contribution is 7.92. The zero-order valence-corrected chi connectivity index (χ0v) is 13.0. The van der Waals surface area contributed by atoms with Gasteiger partial charge in [-0.15, -0.1) is 0 Å². The number of sulfonamides is 1. The minimum absolute atomic E-state index is 0.328. The van der Waals surface area contributed by atoms with E-state index in [1.165, 1.54) is 24.8 Å². The van der Waals surface area contributed by atoms with Gasteiger partial charge in [0.05, 0.1) is 5.69 Å². The summed E-state index contributed by atoms with van der Waals surface area (Å²) < 4.78 is 42.3. The number of rotatable bonds is 4. The molecule has 0 saturated heterocycles. The highest BCUT2D eigenvalue weighted by Gasteiger charge is 2.19. The van der Waals surface area contributed by atoms with E-state index in [4.69, 9.17) is 0 Å². The number of nitrogens with zero attached hydrogens (tertiary/aromatic N) is 3. The van der Waals surface area contributed by atoms with Crippen molar-refractivity contribution in [1.82, 2.24) is 14.8 Å². The van der Waals surface area contributed by atoms with Crippen LogP contribution in [0, 0.1) is 12.7 Å². The van der Waals surface area contributed by atoms with Crippen LogP contribution in [-0.2, 0) is 10.0 Å². The molecular formula is C15H13FN4O2S. The average Bonchev–Trinajstić information content (AvgIpc) is 3.04. The van der Waals surface area contributed by atoms with Crippen LogP contribution in [0.25, 0.3) is 5.69 Å². The van der Waals surface area contributed by atoms with Crippen molar-refractivity contribution in [2.75, 3.05) is 4.72 Å². The van der Waals surface area contributed by atoms with Crippen molar-refractivity contribution < 1.29 is 12.8 Å². The van der Waals surface area contributed by atoms with Crippen molar-refractivity contribution >= 4 is 15.7 Å². The van der Waals surface area contributed by atoms with E-state index < -0.39 is 15.8 Å². The van der Waals surface area contributed by atoms with Gasteiger partial charge in [-0.25, -0.2) is 22.5 Å². The first-order valence-electron chi connectivity index (χ1n) is 6.70. The largest absolute Gasteiger partial charge is 0.280 e. The van der Waals surface area contributed by atoms with Gasteiger partial charge in [0.2, 0.25) is 0 Å². The molecule has 0 saturated carbocycles. The maximum Gasteiger partial charge on any atom is 0.264 e. The van der Waals surface area contributed by atoms with E-state index in [1.807, 2.05) is 0 Å². The number of hydrogen-bond donors (Lipinski definition) is 1. The summed E-state index contributed by atoms with van der Waals surface area (Å²) in [5, 5.41) is 3.98. The lowest BCUT2D eigenvalue weighted by Gasteiger charge is -2.10. The Hall–Kier alpha value is -2.74. The van der Waals surface area contributed by atoms with E-state index in [0.717, 1.165) is 11.8 Å². The van der Waals surface area contributed by atoms with Gasteiger partial charge in [0, 0.05) is 5.69 Å². The molecule has 0 unspecified atom stereocenters. The molecule has 2 aromatic carbocycles. The molecule has 0 aliphatic carbocycles. The fourth-order valence-electron chi connectivity index (χ4n) is 2.05. The van der Waals surface area contributed by atoms with Gasteiger partial charge < -0.3 is 0 Å². The maximum absolute atomic E-state index is 13.8. The smallest absolute Gasteiger partial charge is 0.264 e. The van der Waals surface area contributed by atoms with Gasteiger partial charge in [-0.1, -0.05) is 6.07 Å². The van der Waals surface area contributed by atoms with Crippen molar-refractivity contribution in [3.63, 3.8) is 0 Å². The Balaban J connectivity index is 1.87. The summed E-state index contributed by atoms with van der Waals surface area (Å²) in [7, 11) is -3.99. The van der Waals surface area contributed by atoms with Gasteiger partial charge in [-0.3, -0.25) is 4.72 Å². The van der Waals surface area contributed by atoms with Crippen LogP contribution >= 0.6 is 0 Å². The predicted molar refractivity (Wildman–Crippen MR) is 83.3 cm³/mol. The second-order valence-electron chi connectivity index (χ2n) is 4.93. The average molecular weight is 332 g/mol. The molecule has 0 spiro atoms. The quantitative estimate of drug-likeness (QED) is 0.796. The monoisotopic (exact) mass is 332 g/mol. The number of halogens is 1. The van der Waals surface area contributed by atoms with Crippen molar-refractivity contribution in [3.05, 3.63) is 66.5 Å². The van der Waals surface area contributed by atoms with Crippen LogP contribution in [0.5, 0.6) is 0 Å². The molecule has 0 fully saturated rings. The highest BCUT2D eigenvalue weighted by Crippen LogP contribution is 2.21. The Morgan fingerprint density at radius 3 is 2.52 bits per heavy atom. The molecule has 3 rings (SSSR count). The Kier molecular flexibility index (Phi) is 3.83. The van der Waals surface area contributed by atoms with Crippen molar-refractivity contribution in [1.29, 1.82) is 0 Å². The summed E-state index contributed by atoms with van der Waals surface area (Å²) in [5.74, 6) is -0.790. The fraction of sp³-hybridized carbons (Fsp3) is 0.0667. The number of aryl methyl sites for hydroxylation is 1. The van der Waals surface area contributed by atoms with E-state index in [2.05, 4.69) is 14.8 Å². The topological polar surface area (TPSA) is 76.9 Å². The van der Waals surface area contributed by atoms with E-state index in [0.29, 0.717) is 11.3 Å². The minimum atomic E-state index is -3.99. The van der Waals surface area contributed by atoms with E-state index >= 15 is 0 Å². The lowest BCUT2D eigenvalue weighted by molar-refractivity contribution is 0.570. The normalized spacial score (nSPS) is 11.4. The van der Waals surface area contributed by atoms with Gasteiger partial charge in [0.25, 0.3) is 10.0 Å². The Morgan fingerprint density at radius 2 is 1.87 bits per heavy atom. The third kappa shape index (κ3) is 3.21. The number of anilines is 1. The number of aromatic nitrogens is 3. The molecule has 1 heterocycles. The molecule has 1 aromatic heterocycles. The van der Waals surface area contributed by atoms with Crippen molar-refractivity contribution in [2.45, 2.75) is 11.8 Å². The molecule has 3 aromatic rings. The Labute approximate surface area is 132 Å². The number of hydrogen-bond acceptors (Lipinski definition) is 4. The zero-order chi connectivity index (χ0) is 16.4. The summed E-state index contributed by atoms with van der Waals surface area (Å²) in [6.07, 6.45) is 2.93. The van der Waals surface area contributed by atoms with Gasteiger partial charge >= 0.3 is 0 Å². The minimum Gasteiger partial charge on any atom is -0.280 e. The van der Waals surface area contributed by atoms with Crippen LogP contribution < -0.4 is 4.72 Å². The third-order valence-electron chi connectivity index (χ3n) is 3.18. The molecule has 23 heavy (non-hydrogen) atoms. The van der Waals surface area contributed by atoms with Gasteiger partial charge in [-0.05, 0) is 48.9 Å². The number of nitrogens with one attached hydrogen (secondary N) is 1. The molecule has 6 nitrogen and oxygen atoms in total. The Bertz CT molecular complexity index is 923. The zero-order valence-electron chi connectivity index (χ0n) is 12.1. The Morgan fingerprint density at radius 1 is 1.13 bits per heavy atom. The molecule has 0 amide bonds. The molecule has 1 N–H and O–H groups in total. The van der Waals surface area contributed by atoms with Crippen LogP contribution in [0.2, 0.25) is 0 Å². The summed E-state index contributed by atoms with van der Waals surface area (Å²) in [5.41, 5.74) is 1.72. The molecular weight excluding hydrogens is 319 g/mol. The molecule has 0 radical (unpaired) electrons. The van der Waals surface area contributed by atoms with Gasteiger partial charge in [0.1, 0.15) is 23.4 Å². The molecule has 0 bridgehead atoms. The first-order chi connectivity index (χ1) is 11.0. The summed E-state index contributed by atoms with van der Waals surface area (Å²) in [6.45, 7) is 1.70. The van der Waals surface area contributed by atoms with Crippen LogP contribution in [0.3, 0.4) is 0 Å². The van der Waals surface area contributed by atoms with E-state index in [-0.39, 0.29) is 4.90 Å². The SMILES string of the molecule is Cc1ccc(F)c(S(=O)(=O)Nc2ccc(-n3cncn3)cc2)c1. The van der Waals surface area contributed by atoms with Crippen LogP contribution in [0.1, 0.15) is 5.56 Å². The molecule has 0 aliphatic heterocycles. The van der Waals surface area contributed by atoms with E-state index in [1.54, 1.807) is 35.9 Å². The van der Waals surface area contributed by atoms with Crippen LogP contribution in [0.15, 0.2) is 60.0 Å². The highest BCUT2D eigenvalue weighted by atomic mass is 32.2. The predicted octanol–water partition coefficient (Wildman–Crippen LogP) is 2.52. The van der Waals surface area contributed by atoms with Gasteiger partial charge in [-0.2, -0.15) is 5.10 Å². The van der Waals surface area contributed by atoms with Crippen LogP contribution in [0.4, 0.5) is 10.1 Å². The first kappa shape index (κ1) is 15.2. The summed E-state index contributed by atoms with van der Waals surface area (Å²) >= 11 is 0. The van der Waals surface area contributed by atoms with Crippen LogP contribution in [-0.4, -0.2) is 23.2 Å². The molecule has 118 valence electrons. The molecule has 0 aliphatic rings. The van der Waals surface area contributed by atoms with E-state index in [9.17, 15) is 12.8 Å². The van der Waals surface area contributed by atoms with Crippen molar-refractivity contribution in [3.8, 4) is 5.69 Å². The standard InChI is InChI=1S/C15H13FN4O2S/c1-11-2-7-14(16)15(8-11)23(21,22)19-12-3-5-13(6-4-12)20-10-17-9-18-20/h2-10,19H,1H3. The van der Waals surface area contributed by atoms with Crippen molar-refractivity contribution in [2.24, 2.45) is 0 Å². The molecule has 8 heteroatoms. The third-order valence-corrected chi connectivity index (χ3v) is 4.58. The molecule has 0 atom stereocenters. The summed E-state index contributed by atoms with van der Waals surface area (Å²) in [4.78, 5) is 3.46. The van der Waals surface area contributed by atoms with Gasteiger partial charge in [0.15, 0.2) is 0 Å². The second kappa shape index (κ2) is 5.81. The summed E-state index contributed by atoms with van der Waals surface area (Å²) in [6, 6.07) is 10.4. The fourth-order valence-corrected chi connectivity index (χ4v) is 3.27. The number of benzene rings is 2. The second-order valence-corrected chi connectivity index (χ2v) is 6.58.